The van der Waals surface area contributed by atoms with E-state index in [1.807, 2.05) is 0 Å². The molecule has 8 fully saturated rings. The molecule has 3 N–H and O–H groups in total. The molecule has 0 aromatic rings. The van der Waals surface area contributed by atoms with Crippen LogP contribution in [0.15, 0.2) is 0 Å². The summed E-state index contributed by atoms with van der Waals surface area (Å²) in [6.45, 7) is 19.3. The number of imide groups is 1. The van der Waals surface area contributed by atoms with Gasteiger partial charge in [0.05, 0.1) is 68.8 Å². The molecule has 3 saturated heterocycles. The molecule has 0 bridgehead atoms. The van der Waals surface area contributed by atoms with Crippen LogP contribution in [0.25, 0.3) is 0 Å². The topological polar surface area (TPSA) is 136 Å². The van der Waals surface area contributed by atoms with E-state index in [1.165, 1.54) is 19.3 Å². The number of aliphatic hydroxyl groups is 2. The zero-order chi connectivity index (χ0) is 39.7. The highest BCUT2D eigenvalue weighted by molar-refractivity contribution is 14.3. The summed E-state index contributed by atoms with van der Waals surface area (Å²) in [4.78, 5) is 28.1. The Morgan fingerprint density at radius 1 is 1.02 bits per heavy atom. The lowest BCUT2D eigenvalue weighted by atomic mass is 9.41. The lowest BCUT2D eigenvalue weighted by molar-refractivity contribution is -0.256. The van der Waals surface area contributed by atoms with Gasteiger partial charge in [-0.1, -0.05) is 102 Å². The molecule has 8 rings (SSSR count). The van der Waals surface area contributed by atoms with Crippen molar-refractivity contribution < 1.29 is 43.5 Å². The van der Waals surface area contributed by atoms with E-state index in [9.17, 15) is 19.8 Å². The molecular weight excluding hydrogens is 1050 g/mol. The summed E-state index contributed by atoms with van der Waals surface area (Å²) >= 11 is 6.45. The predicted molar refractivity (Wildman–Crippen MR) is 231 cm³/mol. The number of amides is 2. The molecule has 0 aromatic carbocycles. The number of ether oxygens (including phenoxy) is 5. The van der Waals surface area contributed by atoms with E-state index in [0.29, 0.717) is 30.9 Å². The molecule has 14 atom stereocenters. The predicted octanol–water partition coefficient (Wildman–Crippen LogP) is 6.98. The molecule has 5 saturated carbocycles. The number of morpholine rings is 1. The van der Waals surface area contributed by atoms with Gasteiger partial charge in [0.2, 0.25) is 5.91 Å². The minimum Gasteiger partial charge on any atom is -0.440 e. The van der Waals surface area contributed by atoms with Gasteiger partial charge in [-0.3, -0.25) is 15.0 Å². The fraction of sp³-hybridized carbons (Fsp3) is 0.951. The number of alkyl carbamates (subject to hydrolysis) is 1. The van der Waals surface area contributed by atoms with E-state index < -0.39 is 42.0 Å². The third-order valence-electron chi connectivity index (χ3n) is 17.2. The van der Waals surface area contributed by atoms with E-state index in [2.05, 4.69) is 113 Å². The van der Waals surface area contributed by atoms with E-state index in [-0.39, 0.29) is 57.2 Å². The summed E-state index contributed by atoms with van der Waals surface area (Å²) < 4.78 is 31.0. The third-order valence-corrected chi connectivity index (χ3v) is 18.3. The number of hydrogen-bond acceptors (Lipinski definition) is 10. The van der Waals surface area contributed by atoms with Crippen LogP contribution in [-0.4, -0.2) is 108 Å². The van der Waals surface area contributed by atoms with Gasteiger partial charge < -0.3 is 33.9 Å². The highest BCUT2D eigenvalue weighted by atomic mass is 127. The molecule has 14 heteroatoms. The second-order valence-electron chi connectivity index (χ2n) is 20.5. The van der Waals surface area contributed by atoms with E-state index >= 15 is 0 Å². The number of alkyl halides is 3. The van der Waals surface area contributed by atoms with Gasteiger partial charge in [-0.25, -0.2) is 4.79 Å². The number of nitrogens with zero attached hydrogens (tertiary/aromatic N) is 1. The Kier molecular flexibility index (Phi) is 11.2. The second-order valence-corrected chi connectivity index (χ2v) is 32.2. The van der Waals surface area contributed by atoms with E-state index in [1.54, 1.807) is 13.8 Å². The van der Waals surface area contributed by atoms with Gasteiger partial charge in [0, 0.05) is 12.0 Å². The first-order valence-electron chi connectivity index (χ1n) is 20.8. The van der Waals surface area contributed by atoms with Crippen molar-refractivity contribution in [3.63, 3.8) is 0 Å². The van der Waals surface area contributed by atoms with Gasteiger partial charge in [-0.05, 0) is 111 Å². The van der Waals surface area contributed by atoms with Crippen LogP contribution in [0.4, 0.5) is 4.79 Å². The maximum absolute atomic E-state index is 13.1. The Bertz CT molecular complexity index is 1520. The van der Waals surface area contributed by atoms with Crippen molar-refractivity contribution in [1.82, 2.24) is 10.2 Å². The number of fused-ring (bicyclic) bond motifs is 4. The van der Waals surface area contributed by atoms with Crippen molar-refractivity contribution in [2.75, 3.05) is 32.9 Å². The number of carbonyl (C=O) groups excluding carboxylic acids is 2. The van der Waals surface area contributed by atoms with Crippen LogP contribution in [-0.2, 0) is 28.5 Å². The average molecular weight is 1110 g/mol. The molecule has 5 aliphatic carbocycles. The normalized spacial score (nSPS) is 47.2. The lowest BCUT2D eigenvalue weighted by Gasteiger charge is -2.64. The molecular formula is C41H63I3N2O9. The summed E-state index contributed by atoms with van der Waals surface area (Å²) in [6, 6.07) is 0.490. The summed E-state index contributed by atoms with van der Waals surface area (Å²) in [6.07, 6.45) is 4.93. The Hall–Kier alpha value is 0.850. The minimum atomic E-state index is -1.44. The summed E-state index contributed by atoms with van der Waals surface area (Å²) in [7, 11) is 0. The van der Waals surface area contributed by atoms with Gasteiger partial charge >= 0.3 is 6.09 Å². The van der Waals surface area contributed by atoms with Crippen molar-refractivity contribution in [3.8, 4) is 0 Å². The summed E-state index contributed by atoms with van der Waals surface area (Å²) in [5.41, 5.74) is -1.42. The smallest absolute Gasteiger partial charge is 0.414 e. The molecule has 0 radical (unpaired) electrons. The molecule has 0 aromatic heterocycles. The molecule has 312 valence electrons. The van der Waals surface area contributed by atoms with Gasteiger partial charge in [0.15, 0.2) is 12.4 Å². The Morgan fingerprint density at radius 3 is 2.36 bits per heavy atom. The molecule has 11 nitrogen and oxygen atoms in total. The SMILES string of the molecule is C[C@@H]1C[C@H]([C@H](OC(=O)NC(=O)CC(I)(I)I)C(C)(C)O)O[C@H]2[C@H]1[C@@]1(C)CC[C@@]34C[C@@]35CC[C@H](O[C@H]3CN(C6COC6)CCO3)C(C)(C)[C@@H]5CC[C@H]4[C@]1(C)[C@H]2O. The second kappa shape index (κ2) is 14.5. The molecule has 0 unspecified atom stereocenters. The number of aliphatic hydroxyl groups excluding tert-OH is 1. The largest absolute Gasteiger partial charge is 0.440 e. The Balaban J connectivity index is 0.989. The molecule has 3 aliphatic heterocycles. The first-order valence-corrected chi connectivity index (χ1v) is 24.0. The van der Waals surface area contributed by atoms with Crippen LogP contribution in [0.1, 0.15) is 106 Å². The summed E-state index contributed by atoms with van der Waals surface area (Å²) in [5, 5.41) is 26.4. The number of halogens is 3. The number of nitrogens with one attached hydrogen (secondary N) is 1. The van der Waals surface area contributed by atoms with Gasteiger partial charge in [0.1, 0.15) is -0.565 Å². The molecule has 3 heterocycles. The summed E-state index contributed by atoms with van der Waals surface area (Å²) in [5.74, 6) is 0.811. The van der Waals surface area contributed by atoms with Crippen molar-refractivity contribution >= 4 is 79.8 Å². The molecule has 55 heavy (non-hydrogen) atoms. The van der Waals surface area contributed by atoms with Crippen LogP contribution >= 0.6 is 67.8 Å². The third kappa shape index (κ3) is 6.82. The first-order chi connectivity index (χ1) is 25.6. The zero-order valence-corrected chi connectivity index (χ0v) is 40.1. The monoisotopic (exact) mass is 1110 g/mol. The van der Waals surface area contributed by atoms with Crippen molar-refractivity contribution in [1.29, 1.82) is 0 Å². The van der Waals surface area contributed by atoms with Gasteiger partial charge in [-0.2, -0.15) is 0 Å². The molecule has 2 amide bonds. The first kappa shape index (κ1) is 42.5. The lowest BCUT2D eigenvalue weighted by Crippen LogP contribution is -2.60. The minimum absolute atomic E-state index is 0.0152. The number of hydrogen-bond donors (Lipinski definition) is 3. The highest BCUT2D eigenvalue weighted by Gasteiger charge is 2.84. The van der Waals surface area contributed by atoms with Gasteiger partial charge in [0.25, 0.3) is 0 Å². The standard InChI is InChI=1S/C41H63I3N2O9/c1-22-16-24(33(36(4,5)50)55-34(49)45-28(47)17-41(42,43)44)53-31-30(22)37(6)12-13-40-21-39(40)11-10-27(54-29-18-46(14-15-52-29)23-19-51-20-23)35(2,3)25(39)8-9-26(40)38(37,7)32(31)48/h22-27,29-33,48,50H,8-21H2,1-7H3,(H,45,47,49)/t22-,24-,25+,26+,27+,29+,30+,31+,32+,33+,37-,38-,39-,40+/m1/s1. The highest BCUT2D eigenvalue weighted by Crippen LogP contribution is 2.89. The fourth-order valence-electron chi connectivity index (χ4n) is 14.6. The number of rotatable bonds is 8. The molecule has 2 spiro atoms. The van der Waals surface area contributed by atoms with Crippen molar-refractivity contribution in [2.45, 2.75) is 154 Å². The fourth-order valence-corrected chi connectivity index (χ4v) is 15.6. The van der Waals surface area contributed by atoms with E-state index in [0.717, 1.165) is 52.0 Å². The quantitative estimate of drug-likeness (QED) is 0.173. The number of carbonyl (C=O) groups is 2. The zero-order valence-electron chi connectivity index (χ0n) is 33.6. The van der Waals surface area contributed by atoms with Gasteiger partial charge in [-0.15, -0.1) is 0 Å². The van der Waals surface area contributed by atoms with E-state index in [4.69, 9.17) is 23.7 Å². The van der Waals surface area contributed by atoms with Crippen LogP contribution in [0.5, 0.6) is 0 Å². The van der Waals surface area contributed by atoms with Crippen LogP contribution in [0.3, 0.4) is 0 Å². The van der Waals surface area contributed by atoms with Crippen molar-refractivity contribution in [3.05, 3.63) is 0 Å². The average Bonchev–Trinajstić information content (AvgIpc) is 3.67. The Labute approximate surface area is 368 Å². The maximum atomic E-state index is 13.1. The molecule has 8 aliphatic rings. The van der Waals surface area contributed by atoms with Crippen molar-refractivity contribution in [2.24, 2.45) is 50.7 Å². The van der Waals surface area contributed by atoms with Crippen LogP contribution in [0, 0.1) is 50.7 Å². The Morgan fingerprint density at radius 2 is 1.71 bits per heavy atom. The van der Waals surface area contributed by atoms with Crippen LogP contribution in [0.2, 0.25) is 0 Å². The maximum Gasteiger partial charge on any atom is 0.414 e. The van der Waals surface area contributed by atoms with Crippen LogP contribution < -0.4 is 5.32 Å².